The van der Waals surface area contributed by atoms with Crippen molar-refractivity contribution in [1.82, 2.24) is 0 Å². The first kappa shape index (κ1) is 24.0. The van der Waals surface area contributed by atoms with Crippen molar-refractivity contribution in [3.8, 4) is 11.5 Å². The second kappa shape index (κ2) is 10.8. The SMILES string of the molecule is CCOc1cc(/C=C2\N=C(c3ccc(I)c(Br)c3)OC2=O)ccc1OCc1cccc(Br)c1. The van der Waals surface area contributed by atoms with Crippen molar-refractivity contribution in [3.05, 3.63) is 95.6 Å². The van der Waals surface area contributed by atoms with Gasteiger partial charge < -0.3 is 14.2 Å². The van der Waals surface area contributed by atoms with Crippen LogP contribution in [0.4, 0.5) is 0 Å². The topological polar surface area (TPSA) is 57.1 Å². The summed E-state index contributed by atoms with van der Waals surface area (Å²) in [7, 11) is 0. The average molecular weight is 683 g/mol. The van der Waals surface area contributed by atoms with Crippen LogP contribution in [0.1, 0.15) is 23.6 Å². The van der Waals surface area contributed by atoms with Crippen LogP contribution in [0.2, 0.25) is 0 Å². The Labute approximate surface area is 222 Å². The molecular formula is C25H18Br2INO4. The normalized spacial score (nSPS) is 14.2. The zero-order valence-corrected chi connectivity index (χ0v) is 22.8. The van der Waals surface area contributed by atoms with Gasteiger partial charge in [-0.15, -0.1) is 0 Å². The highest BCUT2D eigenvalue weighted by atomic mass is 127. The van der Waals surface area contributed by atoms with E-state index in [1.807, 2.05) is 67.6 Å². The first-order valence-electron chi connectivity index (χ1n) is 10.0. The Kier molecular flexibility index (Phi) is 7.87. The van der Waals surface area contributed by atoms with Crippen molar-refractivity contribution in [2.45, 2.75) is 13.5 Å². The molecule has 8 heteroatoms. The predicted octanol–water partition coefficient (Wildman–Crippen LogP) is 7.14. The largest absolute Gasteiger partial charge is 0.490 e. The van der Waals surface area contributed by atoms with Gasteiger partial charge in [0.25, 0.3) is 0 Å². The molecule has 0 fully saturated rings. The van der Waals surface area contributed by atoms with Crippen LogP contribution in [0.3, 0.4) is 0 Å². The number of carbonyl (C=O) groups excluding carboxylic acids is 1. The van der Waals surface area contributed by atoms with Crippen molar-refractivity contribution >= 4 is 72.4 Å². The summed E-state index contributed by atoms with van der Waals surface area (Å²) in [5.74, 6) is 1.01. The molecular weight excluding hydrogens is 665 g/mol. The van der Waals surface area contributed by atoms with E-state index in [4.69, 9.17) is 14.2 Å². The van der Waals surface area contributed by atoms with Gasteiger partial charge in [0, 0.05) is 18.1 Å². The van der Waals surface area contributed by atoms with Gasteiger partial charge in [0.15, 0.2) is 17.2 Å². The van der Waals surface area contributed by atoms with Crippen LogP contribution < -0.4 is 9.47 Å². The Morgan fingerprint density at radius 2 is 1.88 bits per heavy atom. The Hall–Kier alpha value is -2.17. The third-order valence-electron chi connectivity index (χ3n) is 4.64. The number of nitrogens with zero attached hydrogens (tertiary/aromatic N) is 1. The summed E-state index contributed by atoms with van der Waals surface area (Å²) < 4.78 is 20.1. The fourth-order valence-electron chi connectivity index (χ4n) is 3.11. The Bertz CT molecular complexity index is 1270. The highest BCUT2D eigenvalue weighted by molar-refractivity contribution is 14.1. The third-order valence-corrected chi connectivity index (χ3v) is 7.47. The Morgan fingerprint density at radius 1 is 1.03 bits per heavy atom. The molecule has 0 saturated carbocycles. The second-order valence-corrected chi connectivity index (χ2v) is 9.95. The molecule has 1 heterocycles. The van der Waals surface area contributed by atoms with Crippen molar-refractivity contribution < 1.29 is 19.0 Å². The van der Waals surface area contributed by atoms with Crippen LogP contribution >= 0.6 is 54.5 Å². The van der Waals surface area contributed by atoms with Crippen LogP contribution in [0.25, 0.3) is 6.08 Å². The molecule has 1 aliphatic heterocycles. The van der Waals surface area contributed by atoms with Gasteiger partial charge in [0.1, 0.15) is 6.61 Å². The molecule has 0 saturated heterocycles. The first-order chi connectivity index (χ1) is 15.9. The van der Waals surface area contributed by atoms with Crippen molar-refractivity contribution in [1.29, 1.82) is 0 Å². The molecule has 4 rings (SSSR count). The van der Waals surface area contributed by atoms with E-state index in [1.54, 1.807) is 6.08 Å². The summed E-state index contributed by atoms with van der Waals surface area (Å²) in [6, 6.07) is 19.1. The predicted molar refractivity (Wildman–Crippen MR) is 144 cm³/mol. The summed E-state index contributed by atoms with van der Waals surface area (Å²) in [6.45, 7) is 2.80. The summed E-state index contributed by atoms with van der Waals surface area (Å²) in [5.41, 5.74) is 2.75. The van der Waals surface area contributed by atoms with E-state index in [2.05, 4.69) is 59.4 Å². The van der Waals surface area contributed by atoms with Gasteiger partial charge in [-0.2, -0.15) is 0 Å². The maximum Gasteiger partial charge on any atom is 0.363 e. The Morgan fingerprint density at radius 3 is 2.64 bits per heavy atom. The summed E-state index contributed by atoms with van der Waals surface area (Å²) in [6.07, 6.45) is 1.68. The van der Waals surface area contributed by atoms with Gasteiger partial charge in [-0.1, -0.05) is 34.1 Å². The fraction of sp³-hybridized carbons (Fsp3) is 0.120. The van der Waals surface area contributed by atoms with Gasteiger partial charge in [0.2, 0.25) is 5.90 Å². The maximum absolute atomic E-state index is 12.4. The number of halogens is 3. The molecule has 1 aliphatic rings. The zero-order chi connectivity index (χ0) is 23.4. The van der Waals surface area contributed by atoms with Crippen molar-refractivity contribution in [2.24, 2.45) is 4.99 Å². The number of benzene rings is 3. The maximum atomic E-state index is 12.4. The highest BCUT2D eigenvalue weighted by Crippen LogP contribution is 2.31. The lowest BCUT2D eigenvalue weighted by molar-refractivity contribution is -0.129. The molecule has 0 spiro atoms. The van der Waals surface area contributed by atoms with Crippen molar-refractivity contribution in [3.63, 3.8) is 0 Å². The molecule has 0 amide bonds. The van der Waals surface area contributed by atoms with Crippen LogP contribution in [0.5, 0.6) is 11.5 Å². The van der Waals surface area contributed by atoms with Crippen LogP contribution in [0.15, 0.2) is 80.3 Å². The lowest BCUT2D eigenvalue weighted by atomic mass is 10.1. The quantitative estimate of drug-likeness (QED) is 0.151. The lowest BCUT2D eigenvalue weighted by Crippen LogP contribution is -2.05. The van der Waals surface area contributed by atoms with E-state index in [9.17, 15) is 4.79 Å². The smallest absolute Gasteiger partial charge is 0.363 e. The minimum absolute atomic E-state index is 0.227. The van der Waals surface area contributed by atoms with Crippen LogP contribution in [-0.4, -0.2) is 18.5 Å². The monoisotopic (exact) mass is 681 g/mol. The summed E-state index contributed by atoms with van der Waals surface area (Å²) in [5, 5.41) is 0. The number of carbonyl (C=O) groups is 1. The summed E-state index contributed by atoms with van der Waals surface area (Å²) in [4.78, 5) is 16.8. The zero-order valence-electron chi connectivity index (χ0n) is 17.5. The fourth-order valence-corrected chi connectivity index (χ4v) is 4.27. The lowest BCUT2D eigenvalue weighted by Gasteiger charge is -2.13. The van der Waals surface area contributed by atoms with E-state index in [1.165, 1.54) is 0 Å². The minimum atomic E-state index is -0.493. The molecule has 0 N–H and O–H groups in total. The van der Waals surface area contributed by atoms with Gasteiger partial charge in [0.05, 0.1) is 6.61 Å². The van der Waals surface area contributed by atoms with Gasteiger partial charge in [-0.05, 0) is 105 Å². The highest BCUT2D eigenvalue weighted by Gasteiger charge is 2.24. The molecule has 0 atom stereocenters. The van der Waals surface area contributed by atoms with Crippen molar-refractivity contribution in [2.75, 3.05) is 6.61 Å². The molecule has 5 nitrogen and oxygen atoms in total. The molecule has 33 heavy (non-hydrogen) atoms. The van der Waals surface area contributed by atoms with Crippen LogP contribution in [-0.2, 0) is 16.1 Å². The third kappa shape index (κ3) is 6.04. The molecule has 0 aliphatic carbocycles. The molecule has 3 aromatic carbocycles. The first-order valence-corrected chi connectivity index (χ1v) is 12.7. The van der Waals surface area contributed by atoms with E-state index in [-0.39, 0.29) is 11.6 Å². The number of cyclic esters (lactones) is 1. The standard InChI is InChI=1S/C25H18Br2INO4/c1-2-31-23-12-15(6-9-22(23)32-14-16-4-3-5-18(26)10-16)11-21-25(30)33-24(29-21)17-7-8-20(28)19(27)13-17/h3-13H,2,14H2,1H3/b21-11-. The van der Waals surface area contributed by atoms with Gasteiger partial charge in [-0.3, -0.25) is 0 Å². The number of hydrogen-bond donors (Lipinski definition) is 0. The Balaban J connectivity index is 1.56. The van der Waals surface area contributed by atoms with Crippen LogP contribution in [0, 0.1) is 3.57 Å². The molecule has 3 aromatic rings. The molecule has 168 valence electrons. The molecule has 0 aromatic heterocycles. The minimum Gasteiger partial charge on any atom is -0.490 e. The number of rotatable bonds is 7. The van der Waals surface area contributed by atoms with E-state index in [0.717, 1.165) is 29.2 Å². The van der Waals surface area contributed by atoms with E-state index < -0.39 is 5.97 Å². The van der Waals surface area contributed by atoms with E-state index in [0.29, 0.717) is 24.7 Å². The second-order valence-electron chi connectivity index (χ2n) is 7.02. The van der Waals surface area contributed by atoms with Gasteiger partial charge >= 0.3 is 5.97 Å². The molecule has 0 bridgehead atoms. The summed E-state index contributed by atoms with van der Waals surface area (Å²) >= 11 is 9.18. The average Bonchev–Trinajstić information content (AvgIpc) is 3.15. The number of aliphatic imine (C=N–C) groups is 1. The van der Waals surface area contributed by atoms with E-state index >= 15 is 0 Å². The molecule has 0 unspecified atom stereocenters. The number of esters is 1. The number of ether oxygens (including phenoxy) is 3. The van der Waals surface area contributed by atoms with Gasteiger partial charge in [-0.25, -0.2) is 9.79 Å². The molecule has 0 radical (unpaired) electrons. The number of hydrogen-bond acceptors (Lipinski definition) is 5.